The molecule has 0 radical (unpaired) electrons. The number of aromatic nitrogens is 1. The Morgan fingerprint density at radius 2 is 2.42 bits per heavy atom. The lowest BCUT2D eigenvalue weighted by Gasteiger charge is -1.89. The summed E-state index contributed by atoms with van der Waals surface area (Å²) >= 11 is 1.59. The SMILES string of the molecule is Cc1noc(-c2cccs2)c1N. The van der Waals surface area contributed by atoms with Crippen molar-refractivity contribution in [1.29, 1.82) is 0 Å². The number of aryl methyl sites for hydroxylation is 1. The lowest BCUT2D eigenvalue weighted by Crippen LogP contribution is -1.86. The van der Waals surface area contributed by atoms with Crippen molar-refractivity contribution in [2.24, 2.45) is 0 Å². The van der Waals surface area contributed by atoms with Crippen molar-refractivity contribution in [2.45, 2.75) is 6.92 Å². The predicted molar refractivity (Wildman–Crippen MR) is 49.0 cm³/mol. The van der Waals surface area contributed by atoms with Gasteiger partial charge in [-0.15, -0.1) is 11.3 Å². The number of hydrogen-bond acceptors (Lipinski definition) is 4. The first kappa shape index (κ1) is 7.36. The van der Waals surface area contributed by atoms with Crippen LogP contribution in [0.15, 0.2) is 22.0 Å². The number of nitrogens with two attached hydrogens (primary N) is 1. The highest BCUT2D eigenvalue weighted by molar-refractivity contribution is 7.13. The van der Waals surface area contributed by atoms with Gasteiger partial charge in [0, 0.05) is 0 Å². The van der Waals surface area contributed by atoms with Crippen LogP contribution in [0.1, 0.15) is 5.69 Å². The molecule has 0 amide bonds. The molecule has 2 aromatic heterocycles. The van der Waals surface area contributed by atoms with E-state index in [9.17, 15) is 0 Å². The fourth-order valence-electron chi connectivity index (χ4n) is 0.962. The van der Waals surface area contributed by atoms with Gasteiger partial charge in [-0.05, 0) is 18.4 Å². The van der Waals surface area contributed by atoms with Gasteiger partial charge in [-0.3, -0.25) is 0 Å². The van der Waals surface area contributed by atoms with E-state index in [1.54, 1.807) is 11.3 Å². The highest BCUT2D eigenvalue weighted by Crippen LogP contribution is 2.31. The molecule has 0 aromatic carbocycles. The summed E-state index contributed by atoms with van der Waals surface area (Å²) in [7, 11) is 0. The zero-order valence-electron chi connectivity index (χ0n) is 6.57. The van der Waals surface area contributed by atoms with Crippen molar-refractivity contribution < 1.29 is 4.52 Å². The molecule has 0 aliphatic rings. The Morgan fingerprint density at radius 3 is 2.92 bits per heavy atom. The van der Waals surface area contributed by atoms with Crippen molar-refractivity contribution in [3.8, 4) is 10.6 Å². The second-order valence-electron chi connectivity index (χ2n) is 2.49. The Morgan fingerprint density at radius 1 is 1.58 bits per heavy atom. The molecule has 2 heterocycles. The Balaban J connectivity index is 2.55. The molecule has 0 spiro atoms. The molecule has 0 aliphatic carbocycles. The van der Waals surface area contributed by atoms with Crippen LogP contribution in [-0.4, -0.2) is 5.16 Å². The molecule has 0 aliphatic heterocycles. The van der Waals surface area contributed by atoms with E-state index in [2.05, 4.69) is 5.16 Å². The minimum Gasteiger partial charge on any atom is -0.394 e. The van der Waals surface area contributed by atoms with Crippen LogP contribution in [0, 0.1) is 6.92 Å². The summed E-state index contributed by atoms with van der Waals surface area (Å²) in [5.41, 5.74) is 7.13. The van der Waals surface area contributed by atoms with E-state index < -0.39 is 0 Å². The highest BCUT2D eigenvalue weighted by atomic mass is 32.1. The third-order valence-electron chi connectivity index (χ3n) is 1.65. The third kappa shape index (κ3) is 1.00. The molecular formula is C8H8N2OS. The maximum atomic E-state index is 5.74. The van der Waals surface area contributed by atoms with Gasteiger partial charge in [-0.1, -0.05) is 11.2 Å². The van der Waals surface area contributed by atoms with Gasteiger partial charge in [0.15, 0.2) is 5.76 Å². The molecule has 12 heavy (non-hydrogen) atoms. The highest BCUT2D eigenvalue weighted by Gasteiger charge is 2.11. The quantitative estimate of drug-likeness (QED) is 0.732. The number of hydrogen-bond donors (Lipinski definition) is 1. The standard InChI is InChI=1S/C8H8N2OS/c1-5-7(9)8(11-10-5)6-3-2-4-12-6/h2-4H,9H2,1H3. The number of anilines is 1. The van der Waals surface area contributed by atoms with E-state index in [-0.39, 0.29) is 0 Å². The Kier molecular flexibility index (Phi) is 1.62. The van der Waals surface area contributed by atoms with Crippen molar-refractivity contribution >= 4 is 17.0 Å². The van der Waals surface area contributed by atoms with Gasteiger partial charge in [0.25, 0.3) is 0 Å². The van der Waals surface area contributed by atoms with E-state index in [0.29, 0.717) is 11.4 Å². The molecule has 0 saturated carbocycles. The van der Waals surface area contributed by atoms with Crippen molar-refractivity contribution in [1.82, 2.24) is 5.16 Å². The summed E-state index contributed by atoms with van der Waals surface area (Å²) in [6, 6.07) is 3.91. The molecule has 0 atom stereocenters. The van der Waals surface area contributed by atoms with Crippen LogP contribution in [-0.2, 0) is 0 Å². The molecule has 0 bridgehead atoms. The van der Waals surface area contributed by atoms with Crippen LogP contribution in [0.4, 0.5) is 5.69 Å². The topological polar surface area (TPSA) is 52.0 Å². The van der Waals surface area contributed by atoms with Crippen LogP contribution in [0.3, 0.4) is 0 Å². The number of thiophene rings is 1. The smallest absolute Gasteiger partial charge is 0.199 e. The molecule has 3 nitrogen and oxygen atoms in total. The number of nitrogen functional groups attached to an aromatic ring is 1. The van der Waals surface area contributed by atoms with Gasteiger partial charge in [-0.2, -0.15) is 0 Å². The average molecular weight is 180 g/mol. The molecule has 62 valence electrons. The third-order valence-corrected chi connectivity index (χ3v) is 2.52. The van der Waals surface area contributed by atoms with Crippen LogP contribution in [0.2, 0.25) is 0 Å². The zero-order chi connectivity index (χ0) is 8.55. The van der Waals surface area contributed by atoms with E-state index in [0.717, 1.165) is 10.6 Å². The van der Waals surface area contributed by atoms with Crippen molar-refractivity contribution in [2.75, 3.05) is 5.73 Å². The average Bonchev–Trinajstić information content (AvgIpc) is 2.64. The second-order valence-corrected chi connectivity index (χ2v) is 3.44. The molecule has 2 rings (SSSR count). The first-order valence-electron chi connectivity index (χ1n) is 3.54. The Bertz CT molecular complexity index is 378. The van der Waals surface area contributed by atoms with E-state index in [1.807, 2.05) is 24.4 Å². The summed E-state index contributed by atoms with van der Waals surface area (Å²) in [4.78, 5) is 1.02. The first-order valence-corrected chi connectivity index (χ1v) is 4.42. The largest absolute Gasteiger partial charge is 0.394 e. The van der Waals surface area contributed by atoms with Crippen LogP contribution >= 0.6 is 11.3 Å². The lowest BCUT2D eigenvalue weighted by molar-refractivity contribution is 0.428. The molecule has 0 unspecified atom stereocenters. The predicted octanol–water partition coefficient (Wildman–Crippen LogP) is 2.29. The summed E-state index contributed by atoms with van der Waals surface area (Å²) in [6.45, 7) is 1.83. The van der Waals surface area contributed by atoms with Gasteiger partial charge < -0.3 is 10.3 Å². The maximum Gasteiger partial charge on any atom is 0.199 e. The Labute approximate surface area is 73.8 Å². The van der Waals surface area contributed by atoms with Crippen molar-refractivity contribution in [3.63, 3.8) is 0 Å². The number of nitrogens with zero attached hydrogens (tertiary/aromatic N) is 1. The molecule has 0 fully saturated rings. The van der Waals surface area contributed by atoms with E-state index in [4.69, 9.17) is 10.3 Å². The summed E-state index contributed by atoms with van der Waals surface area (Å²) < 4.78 is 5.07. The normalized spacial score (nSPS) is 10.4. The molecule has 0 saturated heterocycles. The van der Waals surface area contributed by atoms with Gasteiger partial charge in [0.2, 0.25) is 0 Å². The summed E-state index contributed by atoms with van der Waals surface area (Å²) in [5.74, 6) is 0.683. The fourth-order valence-corrected chi connectivity index (χ4v) is 1.68. The summed E-state index contributed by atoms with van der Waals surface area (Å²) in [5, 5.41) is 5.76. The van der Waals surface area contributed by atoms with Gasteiger partial charge in [0.05, 0.1) is 4.88 Å². The Hall–Kier alpha value is -1.29. The first-order chi connectivity index (χ1) is 5.79. The molecule has 4 heteroatoms. The lowest BCUT2D eigenvalue weighted by atomic mass is 10.3. The second kappa shape index (κ2) is 2.64. The van der Waals surface area contributed by atoms with Crippen LogP contribution in [0.25, 0.3) is 10.6 Å². The summed E-state index contributed by atoms with van der Waals surface area (Å²) in [6.07, 6.45) is 0. The monoisotopic (exact) mass is 180 g/mol. The maximum absolute atomic E-state index is 5.74. The van der Waals surface area contributed by atoms with Gasteiger partial charge in [0.1, 0.15) is 11.4 Å². The minimum atomic E-state index is 0.637. The van der Waals surface area contributed by atoms with Crippen molar-refractivity contribution in [3.05, 3.63) is 23.2 Å². The van der Waals surface area contributed by atoms with Gasteiger partial charge in [-0.25, -0.2) is 0 Å². The van der Waals surface area contributed by atoms with Gasteiger partial charge >= 0.3 is 0 Å². The van der Waals surface area contributed by atoms with E-state index >= 15 is 0 Å². The molecule has 2 aromatic rings. The molecular weight excluding hydrogens is 172 g/mol. The molecule has 2 N–H and O–H groups in total. The minimum absolute atomic E-state index is 0.637. The number of rotatable bonds is 1. The van der Waals surface area contributed by atoms with E-state index in [1.165, 1.54) is 0 Å². The zero-order valence-corrected chi connectivity index (χ0v) is 7.39. The van der Waals surface area contributed by atoms with Crippen LogP contribution < -0.4 is 5.73 Å². The van der Waals surface area contributed by atoms with Crippen LogP contribution in [0.5, 0.6) is 0 Å². The fraction of sp³-hybridized carbons (Fsp3) is 0.125.